The summed E-state index contributed by atoms with van der Waals surface area (Å²) in [5.41, 5.74) is 0.100. The number of halogens is 3. The quantitative estimate of drug-likeness (QED) is 0.920. The van der Waals surface area contributed by atoms with E-state index in [9.17, 15) is 22.8 Å². The van der Waals surface area contributed by atoms with E-state index in [1.165, 1.54) is 29.6 Å². The smallest absolute Gasteiger partial charge is 0.416 e. The summed E-state index contributed by atoms with van der Waals surface area (Å²) in [5.74, 6) is -1.29. The van der Waals surface area contributed by atoms with Crippen LogP contribution in [0, 0.1) is 5.92 Å². The van der Waals surface area contributed by atoms with Gasteiger partial charge in [-0.2, -0.15) is 13.2 Å². The average molecular weight is 352 g/mol. The number of alkyl halides is 3. The molecule has 1 saturated heterocycles. The van der Waals surface area contributed by atoms with Crippen LogP contribution in [0.3, 0.4) is 0 Å². The van der Waals surface area contributed by atoms with Crippen molar-refractivity contribution in [2.75, 3.05) is 11.4 Å². The van der Waals surface area contributed by atoms with Crippen molar-refractivity contribution in [3.8, 4) is 0 Å². The molecule has 132 valence electrons. The Kier molecular flexibility index (Phi) is 4.52. The van der Waals surface area contributed by atoms with Gasteiger partial charge in [-0.1, -0.05) is 6.07 Å². The van der Waals surface area contributed by atoms with Crippen molar-refractivity contribution in [3.63, 3.8) is 0 Å². The maximum absolute atomic E-state index is 12.8. The minimum atomic E-state index is -4.49. The average Bonchev–Trinajstić information content (AvgIpc) is 3.21. The Bertz CT molecular complexity index is 772. The van der Waals surface area contributed by atoms with Gasteiger partial charge in [0.15, 0.2) is 0 Å². The molecule has 2 amide bonds. The molecular formula is C17H15F3N2O3. The molecule has 0 radical (unpaired) electrons. The van der Waals surface area contributed by atoms with Gasteiger partial charge in [-0.3, -0.25) is 9.59 Å². The van der Waals surface area contributed by atoms with E-state index in [4.69, 9.17) is 4.42 Å². The van der Waals surface area contributed by atoms with Gasteiger partial charge in [0.1, 0.15) is 0 Å². The number of hydrogen-bond donors (Lipinski definition) is 1. The van der Waals surface area contributed by atoms with E-state index >= 15 is 0 Å². The number of rotatable bonds is 4. The molecule has 1 atom stereocenters. The second kappa shape index (κ2) is 6.62. The predicted octanol–water partition coefficient (Wildman–Crippen LogP) is 2.97. The van der Waals surface area contributed by atoms with Gasteiger partial charge in [-0.05, 0) is 24.3 Å². The van der Waals surface area contributed by atoms with E-state index in [0.29, 0.717) is 0 Å². The summed E-state index contributed by atoms with van der Waals surface area (Å²) < 4.78 is 43.3. The maximum Gasteiger partial charge on any atom is 0.416 e. The standard InChI is InChI=1S/C17H15F3N2O3/c18-17(19,20)13-2-1-3-14(7-13)22-9-12(6-15(22)23)16(24)21-8-11-4-5-25-10-11/h1-5,7,10,12H,6,8-9H2,(H,21,24)/t12-/m0/s1. The number of carbonyl (C=O) groups excluding carboxylic acids is 2. The van der Waals surface area contributed by atoms with Crippen LogP contribution in [0.2, 0.25) is 0 Å². The lowest BCUT2D eigenvalue weighted by molar-refractivity contribution is -0.137. The second-order valence-corrected chi connectivity index (χ2v) is 5.80. The highest BCUT2D eigenvalue weighted by atomic mass is 19.4. The van der Waals surface area contributed by atoms with Crippen LogP contribution in [-0.2, 0) is 22.3 Å². The van der Waals surface area contributed by atoms with Gasteiger partial charge in [0.2, 0.25) is 11.8 Å². The van der Waals surface area contributed by atoms with Gasteiger partial charge in [-0.15, -0.1) is 0 Å². The Morgan fingerprint density at radius 3 is 2.80 bits per heavy atom. The molecule has 25 heavy (non-hydrogen) atoms. The van der Waals surface area contributed by atoms with E-state index < -0.39 is 17.7 Å². The highest BCUT2D eigenvalue weighted by Gasteiger charge is 2.36. The fourth-order valence-electron chi connectivity index (χ4n) is 2.71. The van der Waals surface area contributed by atoms with Crippen LogP contribution in [0.1, 0.15) is 17.5 Å². The maximum atomic E-state index is 12.8. The molecule has 8 heteroatoms. The molecule has 0 saturated carbocycles. The molecular weight excluding hydrogens is 337 g/mol. The molecule has 5 nitrogen and oxygen atoms in total. The number of furan rings is 1. The molecule has 3 rings (SSSR count). The number of nitrogens with zero attached hydrogens (tertiary/aromatic N) is 1. The molecule has 1 N–H and O–H groups in total. The molecule has 0 unspecified atom stereocenters. The van der Waals surface area contributed by atoms with Crippen LogP contribution in [0.15, 0.2) is 47.3 Å². The molecule has 1 aromatic carbocycles. The first-order valence-corrected chi connectivity index (χ1v) is 7.61. The number of amides is 2. The van der Waals surface area contributed by atoms with Gasteiger partial charge in [0.25, 0.3) is 0 Å². The number of benzene rings is 1. The number of hydrogen-bond acceptors (Lipinski definition) is 3. The van der Waals surface area contributed by atoms with Crippen LogP contribution < -0.4 is 10.2 Å². The Hall–Kier alpha value is -2.77. The zero-order valence-corrected chi connectivity index (χ0v) is 13.0. The Morgan fingerprint density at radius 2 is 2.12 bits per heavy atom. The molecule has 2 heterocycles. The fraction of sp³-hybridized carbons (Fsp3) is 0.294. The minimum Gasteiger partial charge on any atom is -0.472 e. The molecule has 1 aliphatic rings. The van der Waals surface area contributed by atoms with E-state index in [-0.39, 0.29) is 37.0 Å². The summed E-state index contributed by atoms with van der Waals surface area (Å²) in [4.78, 5) is 25.5. The largest absolute Gasteiger partial charge is 0.472 e. The SMILES string of the molecule is O=C(NCc1ccoc1)[C@H]1CC(=O)N(c2cccc(C(F)(F)F)c2)C1. The zero-order chi connectivity index (χ0) is 18.0. The summed E-state index contributed by atoms with van der Waals surface area (Å²) in [6.07, 6.45) is -1.54. The van der Waals surface area contributed by atoms with E-state index in [1.54, 1.807) is 6.07 Å². The summed E-state index contributed by atoms with van der Waals surface area (Å²) in [6.45, 7) is 0.320. The van der Waals surface area contributed by atoms with Crippen LogP contribution in [0.4, 0.5) is 18.9 Å². The summed E-state index contributed by atoms with van der Waals surface area (Å²) in [5, 5.41) is 2.70. The lowest BCUT2D eigenvalue weighted by Gasteiger charge is -2.18. The molecule has 1 fully saturated rings. The normalized spacial score (nSPS) is 17.8. The minimum absolute atomic E-state index is 0.0343. The van der Waals surface area contributed by atoms with Crippen molar-refractivity contribution >= 4 is 17.5 Å². The molecule has 1 aliphatic heterocycles. The monoisotopic (exact) mass is 352 g/mol. The Labute approximate surface area is 141 Å². The van der Waals surface area contributed by atoms with Crippen LogP contribution in [-0.4, -0.2) is 18.4 Å². The van der Waals surface area contributed by atoms with Crippen molar-refractivity contribution in [2.45, 2.75) is 19.1 Å². The van der Waals surface area contributed by atoms with Crippen LogP contribution in [0.25, 0.3) is 0 Å². The summed E-state index contributed by atoms with van der Waals surface area (Å²) >= 11 is 0. The second-order valence-electron chi connectivity index (χ2n) is 5.80. The van der Waals surface area contributed by atoms with Gasteiger partial charge in [0.05, 0.1) is 24.0 Å². The van der Waals surface area contributed by atoms with Crippen molar-refractivity contribution < 1.29 is 27.2 Å². The van der Waals surface area contributed by atoms with Gasteiger partial charge in [-0.25, -0.2) is 0 Å². The lowest BCUT2D eigenvalue weighted by Crippen LogP contribution is -2.32. The first-order valence-electron chi connectivity index (χ1n) is 7.61. The third-order valence-electron chi connectivity index (χ3n) is 4.03. The van der Waals surface area contributed by atoms with E-state index in [0.717, 1.165) is 17.7 Å². The molecule has 0 aliphatic carbocycles. The van der Waals surface area contributed by atoms with Gasteiger partial charge < -0.3 is 14.6 Å². The van der Waals surface area contributed by atoms with Crippen LogP contribution >= 0.6 is 0 Å². The van der Waals surface area contributed by atoms with Crippen molar-refractivity contribution in [2.24, 2.45) is 5.92 Å². The number of anilines is 1. The summed E-state index contributed by atoms with van der Waals surface area (Å²) in [7, 11) is 0. The molecule has 0 bridgehead atoms. The lowest BCUT2D eigenvalue weighted by atomic mass is 10.1. The number of nitrogens with one attached hydrogen (secondary N) is 1. The topological polar surface area (TPSA) is 62.6 Å². The highest BCUT2D eigenvalue weighted by molar-refractivity contribution is 6.00. The molecule has 0 spiro atoms. The molecule has 2 aromatic rings. The first kappa shape index (κ1) is 17.1. The third kappa shape index (κ3) is 3.84. The van der Waals surface area contributed by atoms with E-state index in [1.807, 2.05) is 0 Å². The third-order valence-corrected chi connectivity index (χ3v) is 4.03. The van der Waals surface area contributed by atoms with Gasteiger partial charge >= 0.3 is 6.18 Å². The van der Waals surface area contributed by atoms with Crippen molar-refractivity contribution in [1.29, 1.82) is 0 Å². The highest BCUT2D eigenvalue weighted by Crippen LogP contribution is 2.33. The van der Waals surface area contributed by atoms with Gasteiger partial charge in [0, 0.05) is 30.8 Å². The van der Waals surface area contributed by atoms with Crippen molar-refractivity contribution in [1.82, 2.24) is 5.32 Å². The van der Waals surface area contributed by atoms with Crippen molar-refractivity contribution in [3.05, 3.63) is 54.0 Å². The first-order chi connectivity index (χ1) is 11.8. The van der Waals surface area contributed by atoms with E-state index in [2.05, 4.69) is 5.32 Å². The fourth-order valence-corrected chi connectivity index (χ4v) is 2.71. The Balaban J connectivity index is 1.67. The Morgan fingerprint density at radius 1 is 1.32 bits per heavy atom. The summed E-state index contributed by atoms with van der Waals surface area (Å²) in [6, 6.07) is 6.24. The zero-order valence-electron chi connectivity index (χ0n) is 13.0. The number of carbonyl (C=O) groups is 2. The molecule has 1 aromatic heterocycles. The predicted molar refractivity (Wildman–Crippen MR) is 82.5 cm³/mol. The van der Waals surface area contributed by atoms with Crippen LogP contribution in [0.5, 0.6) is 0 Å².